The van der Waals surface area contributed by atoms with E-state index in [-0.39, 0.29) is 22.9 Å². The highest BCUT2D eigenvalue weighted by molar-refractivity contribution is 6.13. The van der Waals surface area contributed by atoms with Crippen LogP contribution < -0.4 is 14.9 Å². The lowest BCUT2D eigenvalue weighted by Crippen LogP contribution is -2.51. The maximum atomic E-state index is 14.5. The Balaban J connectivity index is 1.69. The average Bonchev–Trinajstić information content (AvgIpc) is 3.75. The second-order valence-electron chi connectivity index (χ2n) is 10.2. The SMILES string of the molecule is CC(C)(NCl)c1cc(-c2ccc(F)cc2)nc(C(O)(CNC(=O)c2ccc(OC3CC3)c(CO)c2)C(F)(F)F)c1. The molecular formula is C28H28ClF4N3O4. The van der Waals surface area contributed by atoms with E-state index in [1.165, 1.54) is 36.4 Å². The Bertz CT molecular complexity index is 1380. The van der Waals surface area contributed by atoms with Crippen LogP contribution in [0.15, 0.2) is 54.6 Å². The zero-order chi connectivity index (χ0) is 29.3. The molecule has 214 valence electrons. The summed E-state index contributed by atoms with van der Waals surface area (Å²) < 4.78 is 62.5. The molecule has 1 heterocycles. The number of hydrogen-bond donors (Lipinski definition) is 4. The Morgan fingerprint density at radius 2 is 1.77 bits per heavy atom. The first-order chi connectivity index (χ1) is 18.8. The summed E-state index contributed by atoms with van der Waals surface area (Å²) in [6.07, 6.45) is -3.48. The summed E-state index contributed by atoms with van der Waals surface area (Å²) in [4.78, 5) is 19.4. The molecule has 1 saturated carbocycles. The molecule has 1 aliphatic rings. The van der Waals surface area contributed by atoms with Gasteiger partial charge in [-0.2, -0.15) is 13.2 Å². The van der Waals surface area contributed by atoms with Crippen LogP contribution in [-0.2, 0) is 17.7 Å². The number of benzene rings is 2. The predicted molar refractivity (Wildman–Crippen MR) is 140 cm³/mol. The molecule has 2 aromatic carbocycles. The van der Waals surface area contributed by atoms with Crippen molar-refractivity contribution < 1.29 is 37.3 Å². The third-order valence-corrected chi connectivity index (χ3v) is 7.10. The number of hydrogen-bond acceptors (Lipinski definition) is 6. The highest BCUT2D eigenvalue weighted by Gasteiger charge is 2.56. The van der Waals surface area contributed by atoms with Gasteiger partial charge in [0.15, 0.2) is 0 Å². The zero-order valence-electron chi connectivity index (χ0n) is 21.6. The highest BCUT2D eigenvalue weighted by Crippen LogP contribution is 2.40. The van der Waals surface area contributed by atoms with Crippen LogP contribution in [0.2, 0.25) is 0 Å². The zero-order valence-corrected chi connectivity index (χ0v) is 22.4. The predicted octanol–water partition coefficient (Wildman–Crippen LogP) is 5.08. The van der Waals surface area contributed by atoms with Gasteiger partial charge in [-0.25, -0.2) is 14.2 Å². The molecule has 3 aromatic rings. The van der Waals surface area contributed by atoms with Gasteiger partial charge in [-0.3, -0.25) is 4.79 Å². The average molecular weight is 582 g/mol. The highest BCUT2D eigenvalue weighted by atomic mass is 35.5. The van der Waals surface area contributed by atoms with Crippen LogP contribution in [0.1, 0.15) is 53.9 Å². The number of nitrogens with one attached hydrogen (secondary N) is 2. The van der Waals surface area contributed by atoms with Crippen molar-refractivity contribution in [2.45, 2.75) is 56.7 Å². The summed E-state index contributed by atoms with van der Waals surface area (Å²) in [6.45, 7) is 1.51. The second-order valence-corrected chi connectivity index (χ2v) is 10.4. The number of alkyl halides is 3. The van der Waals surface area contributed by atoms with Gasteiger partial charge in [0, 0.05) is 16.7 Å². The Kier molecular flexibility index (Phi) is 8.41. The van der Waals surface area contributed by atoms with Crippen LogP contribution in [0.4, 0.5) is 17.6 Å². The summed E-state index contributed by atoms with van der Waals surface area (Å²) in [6, 6.07) is 11.6. The molecule has 0 spiro atoms. The van der Waals surface area contributed by atoms with E-state index < -0.39 is 47.9 Å². The molecule has 0 bridgehead atoms. The van der Waals surface area contributed by atoms with E-state index in [9.17, 15) is 32.6 Å². The molecule has 4 rings (SSSR count). The Labute approximate surface area is 233 Å². The Morgan fingerprint density at radius 3 is 2.35 bits per heavy atom. The van der Waals surface area contributed by atoms with Crippen molar-refractivity contribution in [3.05, 3.63) is 82.8 Å². The molecule has 1 unspecified atom stereocenters. The van der Waals surface area contributed by atoms with Gasteiger partial charge in [0.1, 0.15) is 11.6 Å². The summed E-state index contributed by atoms with van der Waals surface area (Å²) >= 11 is 5.85. The van der Waals surface area contributed by atoms with Crippen molar-refractivity contribution in [3.8, 4) is 17.0 Å². The van der Waals surface area contributed by atoms with Crippen molar-refractivity contribution >= 4 is 17.7 Å². The van der Waals surface area contributed by atoms with Crippen LogP contribution in [-0.4, -0.2) is 39.9 Å². The molecule has 0 aliphatic heterocycles. The lowest BCUT2D eigenvalue weighted by molar-refractivity contribution is -0.265. The first-order valence-electron chi connectivity index (χ1n) is 12.4. The topological polar surface area (TPSA) is 104 Å². The van der Waals surface area contributed by atoms with Crippen molar-refractivity contribution in [1.82, 2.24) is 15.1 Å². The van der Waals surface area contributed by atoms with E-state index >= 15 is 0 Å². The molecule has 1 atom stereocenters. The van der Waals surface area contributed by atoms with E-state index in [0.717, 1.165) is 31.0 Å². The normalized spacial score (nSPS) is 15.4. The molecular weight excluding hydrogens is 554 g/mol. The van der Waals surface area contributed by atoms with E-state index in [0.29, 0.717) is 16.9 Å². The summed E-state index contributed by atoms with van der Waals surface area (Å²) in [7, 11) is 0. The minimum absolute atomic E-state index is 0.0281. The minimum atomic E-state index is -5.26. The van der Waals surface area contributed by atoms with Gasteiger partial charge in [0.2, 0.25) is 5.60 Å². The first-order valence-corrected chi connectivity index (χ1v) is 12.8. The molecule has 0 saturated heterocycles. The number of pyridine rings is 1. The van der Waals surface area contributed by atoms with Crippen LogP contribution >= 0.6 is 11.8 Å². The smallest absolute Gasteiger partial charge is 0.424 e. The first kappa shape index (κ1) is 29.7. The molecule has 12 heteroatoms. The van der Waals surface area contributed by atoms with Crippen LogP contribution in [0.3, 0.4) is 0 Å². The molecule has 1 amide bonds. The number of aliphatic hydroxyl groups excluding tert-OH is 1. The molecule has 7 nitrogen and oxygen atoms in total. The Morgan fingerprint density at radius 1 is 1.10 bits per heavy atom. The van der Waals surface area contributed by atoms with Gasteiger partial charge in [0.05, 0.1) is 36.2 Å². The fraction of sp³-hybridized carbons (Fsp3) is 0.357. The van der Waals surface area contributed by atoms with Crippen molar-refractivity contribution in [3.63, 3.8) is 0 Å². The van der Waals surface area contributed by atoms with Crippen LogP contribution in [0.25, 0.3) is 11.3 Å². The Hall–Kier alpha value is -3.25. The minimum Gasteiger partial charge on any atom is -0.490 e. The molecule has 4 N–H and O–H groups in total. The number of aromatic nitrogens is 1. The molecule has 40 heavy (non-hydrogen) atoms. The quantitative estimate of drug-likeness (QED) is 0.197. The fourth-order valence-corrected chi connectivity index (χ4v) is 4.01. The van der Waals surface area contributed by atoms with E-state index in [1.54, 1.807) is 13.8 Å². The number of nitrogens with zero attached hydrogens (tertiary/aromatic N) is 1. The number of halogens is 5. The number of rotatable bonds is 10. The summed E-state index contributed by atoms with van der Waals surface area (Å²) in [5, 5.41) is 22.9. The van der Waals surface area contributed by atoms with Crippen molar-refractivity contribution in [2.24, 2.45) is 0 Å². The second kappa shape index (κ2) is 11.3. The van der Waals surface area contributed by atoms with Gasteiger partial charge < -0.3 is 20.3 Å². The van der Waals surface area contributed by atoms with Gasteiger partial charge in [-0.05, 0) is 98.6 Å². The van der Waals surface area contributed by atoms with E-state index in [4.69, 9.17) is 16.5 Å². The van der Waals surface area contributed by atoms with Gasteiger partial charge in [-0.1, -0.05) is 0 Å². The number of carbonyl (C=O) groups excluding carboxylic acids is 1. The van der Waals surface area contributed by atoms with E-state index in [2.05, 4.69) is 15.1 Å². The standard InChI is InChI=1S/C28H28ClF4N3O4/c1-26(2,36-29)19-12-22(16-3-6-20(30)7-4-16)35-24(13-19)27(39,28(31,32)33)15-34-25(38)17-5-10-23(18(11-17)14-37)40-21-8-9-21/h3-7,10-13,21,36-37,39H,8-9,14-15H2,1-2H3,(H,34,38). The number of amides is 1. The maximum Gasteiger partial charge on any atom is 0.424 e. The largest absolute Gasteiger partial charge is 0.490 e. The molecule has 1 aliphatic carbocycles. The monoisotopic (exact) mass is 581 g/mol. The number of aliphatic hydroxyl groups is 2. The number of carbonyl (C=O) groups is 1. The molecule has 1 aromatic heterocycles. The van der Waals surface area contributed by atoms with Gasteiger partial charge in [0.25, 0.3) is 5.91 Å². The summed E-state index contributed by atoms with van der Waals surface area (Å²) in [5.74, 6) is -1.07. The van der Waals surface area contributed by atoms with Crippen LogP contribution in [0.5, 0.6) is 5.75 Å². The third kappa shape index (κ3) is 6.38. The lowest BCUT2D eigenvalue weighted by Gasteiger charge is -2.32. The van der Waals surface area contributed by atoms with Crippen LogP contribution in [0, 0.1) is 5.82 Å². The lowest BCUT2D eigenvalue weighted by atomic mass is 9.89. The fourth-order valence-electron chi connectivity index (χ4n) is 3.90. The third-order valence-electron chi connectivity index (χ3n) is 6.63. The molecule has 0 radical (unpaired) electrons. The maximum absolute atomic E-state index is 14.5. The summed E-state index contributed by atoms with van der Waals surface area (Å²) in [5.41, 5.74) is -4.60. The van der Waals surface area contributed by atoms with Crippen molar-refractivity contribution in [1.29, 1.82) is 0 Å². The van der Waals surface area contributed by atoms with Gasteiger partial charge in [-0.15, -0.1) is 0 Å². The van der Waals surface area contributed by atoms with E-state index in [1.807, 2.05) is 0 Å². The molecule has 1 fully saturated rings. The number of ether oxygens (including phenoxy) is 1. The van der Waals surface area contributed by atoms with Crippen molar-refractivity contribution in [2.75, 3.05) is 6.54 Å². The van der Waals surface area contributed by atoms with Gasteiger partial charge >= 0.3 is 6.18 Å².